The molecule has 0 aliphatic rings. The van der Waals surface area contributed by atoms with Crippen molar-refractivity contribution in [2.24, 2.45) is 0 Å². The Morgan fingerprint density at radius 3 is 2.28 bits per heavy atom. The van der Waals surface area contributed by atoms with E-state index >= 15 is 0 Å². The molecule has 0 aliphatic heterocycles. The summed E-state index contributed by atoms with van der Waals surface area (Å²) < 4.78 is 16.0. The summed E-state index contributed by atoms with van der Waals surface area (Å²) in [5.41, 5.74) is 2.70. The van der Waals surface area contributed by atoms with Gasteiger partial charge in [-0.15, -0.1) is 0 Å². The first-order valence-corrected chi connectivity index (χ1v) is 10.6. The SMILES string of the molecule is COc1cccc(NC(=O)N(CCc2ccc(OC)c(OC)c2)Cc2ccc(Cl)cc2)c1. The molecular weight excluding hydrogens is 428 g/mol. The minimum atomic E-state index is -0.200. The Morgan fingerprint density at radius 2 is 1.59 bits per heavy atom. The van der Waals surface area contributed by atoms with Crippen LogP contribution in [0.2, 0.25) is 5.02 Å². The summed E-state index contributed by atoms with van der Waals surface area (Å²) in [5.74, 6) is 2.01. The fraction of sp³-hybridized carbons (Fsp3) is 0.240. The van der Waals surface area contributed by atoms with Crippen molar-refractivity contribution in [2.45, 2.75) is 13.0 Å². The van der Waals surface area contributed by atoms with Gasteiger partial charge in [-0.1, -0.05) is 35.9 Å². The summed E-state index contributed by atoms with van der Waals surface area (Å²) in [6.45, 7) is 0.953. The average molecular weight is 455 g/mol. The number of carbonyl (C=O) groups excluding carboxylic acids is 1. The van der Waals surface area contributed by atoms with Crippen molar-refractivity contribution < 1.29 is 19.0 Å². The van der Waals surface area contributed by atoms with E-state index in [9.17, 15) is 4.79 Å². The van der Waals surface area contributed by atoms with Crippen molar-refractivity contribution >= 4 is 23.3 Å². The third-order valence-corrected chi connectivity index (χ3v) is 5.27. The monoisotopic (exact) mass is 454 g/mol. The Hall–Kier alpha value is -3.38. The van der Waals surface area contributed by atoms with E-state index in [2.05, 4.69) is 5.32 Å². The van der Waals surface area contributed by atoms with Crippen LogP contribution < -0.4 is 19.5 Å². The van der Waals surface area contributed by atoms with Crippen LogP contribution in [0.4, 0.5) is 10.5 Å². The Balaban J connectivity index is 1.76. The number of hydrogen-bond acceptors (Lipinski definition) is 4. The van der Waals surface area contributed by atoms with Gasteiger partial charge >= 0.3 is 6.03 Å². The van der Waals surface area contributed by atoms with Crippen LogP contribution >= 0.6 is 11.6 Å². The second-order valence-electron chi connectivity index (χ2n) is 7.15. The molecule has 0 saturated heterocycles. The van der Waals surface area contributed by atoms with E-state index in [0.29, 0.717) is 47.5 Å². The largest absolute Gasteiger partial charge is 0.497 e. The molecule has 0 aromatic heterocycles. The van der Waals surface area contributed by atoms with Crippen LogP contribution in [0.15, 0.2) is 66.7 Å². The van der Waals surface area contributed by atoms with Gasteiger partial charge < -0.3 is 24.4 Å². The smallest absolute Gasteiger partial charge is 0.322 e. The summed E-state index contributed by atoms with van der Waals surface area (Å²) in [4.78, 5) is 14.9. The van der Waals surface area contributed by atoms with Crippen LogP contribution in [0.25, 0.3) is 0 Å². The summed E-state index contributed by atoms with van der Waals surface area (Å²) in [5, 5.41) is 3.62. The molecule has 0 atom stereocenters. The van der Waals surface area contributed by atoms with E-state index in [1.807, 2.05) is 60.7 Å². The molecule has 0 aliphatic carbocycles. The summed E-state index contributed by atoms with van der Waals surface area (Å²) in [7, 11) is 4.81. The molecule has 32 heavy (non-hydrogen) atoms. The topological polar surface area (TPSA) is 60.0 Å². The fourth-order valence-electron chi connectivity index (χ4n) is 3.27. The van der Waals surface area contributed by atoms with Gasteiger partial charge in [-0.3, -0.25) is 0 Å². The van der Waals surface area contributed by atoms with Crippen molar-refractivity contribution in [3.8, 4) is 17.2 Å². The lowest BCUT2D eigenvalue weighted by atomic mass is 10.1. The van der Waals surface area contributed by atoms with Gasteiger partial charge in [0.05, 0.1) is 21.3 Å². The molecule has 0 unspecified atom stereocenters. The molecule has 0 bridgehead atoms. The van der Waals surface area contributed by atoms with Crippen LogP contribution in [-0.4, -0.2) is 38.8 Å². The standard InChI is InChI=1S/C25H27ClN2O4/c1-30-22-6-4-5-21(16-22)27-25(29)28(17-19-7-10-20(26)11-8-19)14-13-18-9-12-23(31-2)24(15-18)32-3/h4-12,15-16H,13-14,17H2,1-3H3,(H,27,29). The van der Waals surface area contributed by atoms with Gasteiger partial charge in [-0.05, 0) is 53.9 Å². The predicted octanol–water partition coefficient (Wildman–Crippen LogP) is 5.64. The molecule has 3 rings (SSSR count). The number of carbonyl (C=O) groups is 1. The molecule has 168 valence electrons. The lowest BCUT2D eigenvalue weighted by molar-refractivity contribution is 0.210. The molecule has 0 saturated carbocycles. The first kappa shape index (κ1) is 23.3. The molecule has 3 aromatic carbocycles. The fourth-order valence-corrected chi connectivity index (χ4v) is 3.39. The first-order chi connectivity index (χ1) is 15.5. The zero-order valence-electron chi connectivity index (χ0n) is 18.4. The van der Waals surface area contributed by atoms with Gasteiger partial charge in [-0.2, -0.15) is 0 Å². The highest BCUT2D eigenvalue weighted by atomic mass is 35.5. The van der Waals surface area contributed by atoms with E-state index in [1.54, 1.807) is 32.3 Å². The molecule has 2 amide bonds. The second-order valence-corrected chi connectivity index (χ2v) is 7.59. The Bertz CT molecular complexity index is 1040. The highest BCUT2D eigenvalue weighted by molar-refractivity contribution is 6.30. The number of anilines is 1. The minimum absolute atomic E-state index is 0.200. The normalized spacial score (nSPS) is 10.4. The van der Waals surface area contributed by atoms with Crippen molar-refractivity contribution in [1.29, 1.82) is 0 Å². The molecule has 6 nitrogen and oxygen atoms in total. The molecule has 0 radical (unpaired) electrons. The molecular formula is C25H27ClN2O4. The van der Waals surface area contributed by atoms with Gasteiger partial charge in [0.2, 0.25) is 0 Å². The predicted molar refractivity (Wildman–Crippen MR) is 127 cm³/mol. The molecule has 1 N–H and O–H groups in total. The van der Waals surface area contributed by atoms with Gasteiger partial charge in [0.1, 0.15) is 5.75 Å². The Kier molecular flexibility index (Phi) is 8.22. The van der Waals surface area contributed by atoms with E-state index in [1.165, 1.54) is 0 Å². The zero-order chi connectivity index (χ0) is 22.9. The van der Waals surface area contributed by atoms with Crippen molar-refractivity contribution in [3.05, 3.63) is 82.9 Å². The van der Waals surface area contributed by atoms with Gasteiger partial charge in [-0.25, -0.2) is 4.79 Å². The van der Waals surface area contributed by atoms with Crippen LogP contribution in [0, 0.1) is 0 Å². The number of nitrogens with zero attached hydrogens (tertiary/aromatic N) is 1. The van der Waals surface area contributed by atoms with E-state index in [0.717, 1.165) is 11.1 Å². The molecule has 3 aromatic rings. The number of nitrogens with one attached hydrogen (secondary N) is 1. The summed E-state index contributed by atoms with van der Waals surface area (Å²) in [6, 6.07) is 20.3. The molecule has 0 spiro atoms. The van der Waals surface area contributed by atoms with Crippen molar-refractivity contribution in [3.63, 3.8) is 0 Å². The maximum atomic E-state index is 13.1. The molecule has 7 heteroatoms. The molecule has 0 heterocycles. The van der Waals surface area contributed by atoms with Crippen LogP contribution in [0.1, 0.15) is 11.1 Å². The number of urea groups is 1. The quantitative estimate of drug-likeness (QED) is 0.454. The van der Waals surface area contributed by atoms with Crippen molar-refractivity contribution in [2.75, 3.05) is 33.2 Å². The first-order valence-electron chi connectivity index (χ1n) is 10.2. The Morgan fingerprint density at radius 1 is 0.875 bits per heavy atom. The third kappa shape index (κ3) is 6.31. The second kappa shape index (κ2) is 11.3. The lowest BCUT2D eigenvalue weighted by Gasteiger charge is -2.24. The van der Waals surface area contributed by atoms with Crippen LogP contribution in [0.3, 0.4) is 0 Å². The maximum absolute atomic E-state index is 13.1. The van der Waals surface area contributed by atoms with E-state index in [-0.39, 0.29) is 6.03 Å². The maximum Gasteiger partial charge on any atom is 0.322 e. The van der Waals surface area contributed by atoms with Gasteiger partial charge in [0.15, 0.2) is 11.5 Å². The lowest BCUT2D eigenvalue weighted by Crippen LogP contribution is -2.36. The van der Waals surface area contributed by atoms with E-state index < -0.39 is 0 Å². The average Bonchev–Trinajstić information content (AvgIpc) is 2.82. The number of benzene rings is 3. The summed E-state index contributed by atoms with van der Waals surface area (Å²) >= 11 is 6.01. The number of halogens is 1. The Labute approximate surface area is 193 Å². The summed E-state index contributed by atoms with van der Waals surface area (Å²) in [6.07, 6.45) is 0.652. The van der Waals surface area contributed by atoms with Gasteiger partial charge in [0, 0.05) is 29.9 Å². The van der Waals surface area contributed by atoms with Crippen LogP contribution in [-0.2, 0) is 13.0 Å². The highest BCUT2D eigenvalue weighted by Gasteiger charge is 2.16. The molecule has 0 fully saturated rings. The van der Waals surface area contributed by atoms with Gasteiger partial charge in [0.25, 0.3) is 0 Å². The number of ether oxygens (including phenoxy) is 3. The highest BCUT2D eigenvalue weighted by Crippen LogP contribution is 2.28. The number of hydrogen-bond donors (Lipinski definition) is 1. The number of amides is 2. The third-order valence-electron chi connectivity index (χ3n) is 5.01. The van der Waals surface area contributed by atoms with Crippen molar-refractivity contribution in [1.82, 2.24) is 4.90 Å². The number of methoxy groups -OCH3 is 3. The number of rotatable bonds is 9. The zero-order valence-corrected chi connectivity index (χ0v) is 19.2. The van der Waals surface area contributed by atoms with Crippen LogP contribution in [0.5, 0.6) is 17.2 Å². The van der Waals surface area contributed by atoms with E-state index in [4.69, 9.17) is 25.8 Å². The minimum Gasteiger partial charge on any atom is -0.497 e.